The molecule has 1 fully saturated rings. The van der Waals surface area contributed by atoms with Crippen molar-refractivity contribution >= 4 is 28.7 Å². The molecule has 0 aliphatic carbocycles. The number of phenolic OH excluding ortho intramolecular Hbond substituents is 1. The minimum Gasteiger partial charge on any atom is -0.507 e. The molecule has 0 atom stereocenters. The summed E-state index contributed by atoms with van der Waals surface area (Å²) in [7, 11) is 1.85. The molecule has 3 aromatic rings. The number of aromatic nitrogens is 4. The molecule has 0 saturated carbocycles. The number of anilines is 1. The van der Waals surface area contributed by atoms with E-state index < -0.39 is 5.60 Å². The van der Waals surface area contributed by atoms with Gasteiger partial charge in [-0.3, -0.25) is 0 Å². The number of fused-ring (bicyclic) bond motifs is 1. The number of imidazole rings is 1. The van der Waals surface area contributed by atoms with Crippen LogP contribution >= 0.6 is 11.6 Å². The van der Waals surface area contributed by atoms with Gasteiger partial charge in [0.1, 0.15) is 17.4 Å². The van der Waals surface area contributed by atoms with Crippen LogP contribution in [-0.2, 0) is 7.05 Å². The molecule has 1 aromatic carbocycles. The average molecular weight is 388 g/mol. The van der Waals surface area contributed by atoms with Crippen LogP contribution in [0.15, 0.2) is 18.3 Å². The normalized spacial score (nSPS) is 16.9. The first-order valence-electron chi connectivity index (χ1n) is 8.91. The Morgan fingerprint density at radius 3 is 2.56 bits per heavy atom. The Kier molecular flexibility index (Phi) is 4.24. The quantitative estimate of drug-likeness (QED) is 0.702. The van der Waals surface area contributed by atoms with Gasteiger partial charge in [-0.2, -0.15) is 0 Å². The van der Waals surface area contributed by atoms with Crippen LogP contribution in [0.3, 0.4) is 0 Å². The van der Waals surface area contributed by atoms with Crippen LogP contribution in [0.5, 0.6) is 5.75 Å². The SMILES string of the molecule is Cc1cc(Cl)cc(O)c1-c1nc2nc(N3CCC(C)(O)CC3)cnc2n1C. The van der Waals surface area contributed by atoms with Crippen LogP contribution in [-0.4, -0.2) is 48.4 Å². The van der Waals surface area contributed by atoms with E-state index in [1.54, 1.807) is 12.3 Å². The van der Waals surface area contributed by atoms with Crippen molar-refractivity contribution in [3.63, 3.8) is 0 Å². The number of piperidine rings is 1. The molecule has 2 N–H and O–H groups in total. The van der Waals surface area contributed by atoms with Crippen molar-refractivity contribution < 1.29 is 10.2 Å². The largest absolute Gasteiger partial charge is 0.507 e. The lowest BCUT2D eigenvalue weighted by Crippen LogP contribution is -2.42. The predicted octanol–water partition coefficient (Wildman–Crippen LogP) is 3.05. The first-order valence-corrected chi connectivity index (χ1v) is 9.29. The second-order valence-corrected chi connectivity index (χ2v) is 7.91. The Bertz CT molecular complexity index is 997. The monoisotopic (exact) mass is 387 g/mol. The topological polar surface area (TPSA) is 87.3 Å². The Morgan fingerprint density at radius 2 is 1.89 bits per heavy atom. The fourth-order valence-corrected chi connectivity index (χ4v) is 3.83. The molecule has 142 valence electrons. The van der Waals surface area contributed by atoms with Gasteiger partial charge in [-0.25, -0.2) is 15.0 Å². The number of aromatic hydroxyl groups is 1. The van der Waals surface area contributed by atoms with E-state index in [0.717, 1.165) is 24.5 Å². The molecule has 0 spiro atoms. The van der Waals surface area contributed by atoms with E-state index in [1.165, 1.54) is 6.07 Å². The van der Waals surface area contributed by atoms with Crippen LogP contribution in [0.1, 0.15) is 25.3 Å². The van der Waals surface area contributed by atoms with Gasteiger partial charge in [0.05, 0.1) is 17.4 Å². The second kappa shape index (κ2) is 6.35. The molecular weight excluding hydrogens is 366 g/mol. The third kappa shape index (κ3) is 3.21. The molecule has 3 heterocycles. The van der Waals surface area contributed by atoms with E-state index in [-0.39, 0.29) is 5.75 Å². The van der Waals surface area contributed by atoms with Crippen molar-refractivity contribution in [1.82, 2.24) is 19.5 Å². The Morgan fingerprint density at radius 1 is 1.19 bits per heavy atom. The molecule has 1 saturated heterocycles. The Hall–Kier alpha value is -2.38. The van der Waals surface area contributed by atoms with Gasteiger partial charge < -0.3 is 19.7 Å². The maximum Gasteiger partial charge on any atom is 0.200 e. The van der Waals surface area contributed by atoms with Crippen molar-refractivity contribution in [2.45, 2.75) is 32.3 Å². The number of aryl methyl sites for hydroxylation is 2. The lowest BCUT2D eigenvalue weighted by Gasteiger charge is -2.36. The van der Waals surface area contributed by atoms with E-state index in [1.807, 2.05) is 25.5 Å². The summed E-state index contributed by atoms with van der Waals surface area (Å²) in [5, 5.41) is 21.0. The van der Waals surface area contributed by atoms with Crippen LogP contribution in [0.25, 0.3) is 22.7 Å². The summed E-state index contributed by atoms with van der Waals surface area (Å²) in [5.41, 5.74) is 2.01. The summed E-state index contributed by atoms with van der Waals surface area (Å²) in [6.45, 7) is 5.20. The average Bonchev–Trinajstić information content (AvgIpc) is 2.90. The van der Waals surface area contributed by atoms with Crippen molar-refractivity contribution in [2.75, 3.05) is 18.0 Å². The smallest absolute Gasteiger partial charge is 0.200 e. The third-order valence-corrected chi connectivity index (χ3v) is 5.46. The first kappa shape index (κ1) is 18.0. The highest BCUT2D eigenvalue weighted by atomic mass is 35.5. The number of phenols is 1. The van der Waals surface area contributed by atoms with Crippen LogP contribution in [0.2, 0.25) is 5.02 Å². The molecule has 0 amide bonds. The summed E-state index contributed by atoms with van der Waals surface area (Å²) in [4.78, 5) is 16.0. The van der Waals surface area contributed by atoms with Gasteiger partial charge in [-0.15, -0.1) is 0 Å². The molecule has 1 aliphatic heterocycles. The number of hydrogen-bond acceptors (Lipinski definition) is 6. The summed E-state index contributed by atoms with van der Waals surface area (Å²) in [5.74, 6) is 1.42. The standard InChI is InChI=1S/C19H22ClN5O2/c1-11-8-12(20)9-13(26)15(11)17-23-16-18(24(17)3)21-10-14(22-16)25-6-4-19(2,27)5-7-25/h8-10,26-27H,4-7H2,1-3H3. The molecule has 0 bridgehead atoms. The van der Waals surface area contributed by atoms with E-state index in [4.69, 9.17) is 11.6 Å². The lowest BCUT2D eigenvalue weighted by molar-refractivity contribution is 0.0350. The van der Waals surface area contributed by atoms with Crippen LogP contribution < -0.4 is 4.90 Å². The number of hydrogen-bond donors (Lipinski definition) is 2. The number of aliphatic hydroxyl groups is 1. The molecule has 0 radical (unpaired) electrons. The molecule has 7 nitrogen and oxygen atoms in total. The summed E-state index contributed by atoms with van der Waals surface area (Å²) in [6.07, 6.45) is 3.12. The van der Waals surface area contributed by atoms with Crippen molar-refractivity contribution in [3.05, 3.63) is 28.9 Å². The van der Waals surface area contributed by atoms with Gasteiger partial charge >= 0.3 is 0 Å². The van der Waals surface area contributed by atoms with E-state index in [0.29, 0.717) is 40.5 Å². The van der Waals surface area contributed by atoms with Crippen molar-refractivity contribution in [2.24, 2.45) is 7.05 Å². The fraction of sp³-hybridized carbons (Fsp3) is 0.421. The van der Waals surface area contributed by atoms with Gasteiger partial charge in [0, 0.05) is 25.2 Å². The third-order valence-electron chi connectivity index (χ3n) is 5.24. The fourth-order valence-electron chi connectivity index (χ4n) is 3.56. The van der Waals surface area contributed by atoms with Gasteiger partial charge in [0.25, 0.3) is 0 Å². The summed E-state index contributed by atoms with van der Waals surface area (Å²) >= 11 is 6.02. The molecule has 1 aliphatic rings. The minimum absolute atomic E-state index is 0.0805. The van der Waals surface area contributed by atoms with Gasteiger partial charge in [-0.1, -0.05) is 11.6 Å². The molecular formula is C19H22ClN5O2. The number of rotatable bonds is 2. The van der Waals surface area contributed by atoms with Crippen LogP contribution in [0.4, 0.5) is 5.82 Å². The maximum absolute atomic E-state index is 10.4. The summed E-state index contributed by atoms with van der Waals surface area (Å²) in [6, 6.07) is 3.30. The molecule has 2 aromatic heterocycles. The number of nitrogens with zero attached hydrogens (tertiary/aromatic N) is 5. The molecule has 27 heavy (non-hydrogen) atoms. The zero-order chi connectivity index (χ0) is 19.3. The van der Waals surface area contributed by atoms with E-state index in [2.05, 4.69) is 19.9 Å². The highest BCUT2D eigenvalue weighted by molar-refractivity contribution is 6.31. The molecule has 4 rings (SSSR count). The highest BCUT2D eigenvalue weighted by Gasteiger charge is 2.28. The zero-order valence-corrected chi connectivity index (χ0v) is 16.3. The van der Waals surface area contributed by atoms with Crippen LogP contribution in [0, 0.1) is 6.92 Å². The first-order chi connectivity index (χ1) is 12.7. The van der Waals surface area contributed by atoms with Crippen molar-refractivity contribution in [1.29, 1.82) is 0 Å². The second-order valence-electron chi connectivity index (χ2n) is 7.47. The highest BCUT2D eigenvalue weighted by Crippen LogP contribution is 2.35. The predicted molar refractivity (Wildman–Crippen MR) is 105 cm³/mol. The lowest BCUT2D eigenvalue weighted by atomic mass is 9.94. The van der Waals surface area contributed by atoms with E-state index in [9.17, 15) is 10.2 Å². The maximum atomic E-state index is 10.4. The Balaban J connectivity index is 1.75. The van der Waals surface area contributed by atoms with Gasteiger partial charge in [0.15, 0.2) is 11.3 Å². The molecule has 8 heteroatoms. The summed E-state index contributed by atoms with van der Waals surface area (Å²) < 4.78 is 1.82. The Labute approximate surface area is 162 Å². The van der Waals surface area contributed by atoms with Crippen molar-refractivity contribution in [3.8, 4) is 17.1 Å². The van der Waals surface area contributed by atoms with Gasteiger partial charge in [-0.05, 0) is 44.4 Å². The van der Waals surface area contributed by atoms with E-state index >= 15 is 0 Å². The zero-order valence-electron chi connectivity index (χ0n) is 15.6. The van der Waals surface area contributed by atoms with Gasteiger partial charge in [0.2, 0.25) is 0 Å². The minimum atomic E-state index is -0.615. The number of halogens is 1. The number of benzene rings is 1. The molecule has 0 unspecified atom stereocenters.